The molecule has 0 radical (unpaired) electrons. The smallest absolute Gasteiger partial charge is 0.263 e. The van der Waals surface area contributed by atoms with Gasteiger partial charge < -0.3 is 15.0 Å². The molecule has 0 bridgehead atoms. The van der Waals surface area contributed by atoms with Crippen molar-refractivity contribution in [2.45, 2.75) is 31.9 Å². The number of rotatable bonds is 4. The maximum absolute atomic E-state index is 12.3. The lowest BCUT2D eigenvalue weighted by Gasteiger charge is -2.34. The van der Waals surface area contributed by atoms with Gasteiger partial charge in [0, 0.05) is 19.1 Å². The number of hydrogen-bond acceptors (Lipinski definition) is 3. The first-order valence-electron chi connectivity index (χ1n) is 6.88. The number of likely N-dealkylation sites (tertiary alicyclic amines) is 1. The first-order chi connectivity index (χ1) is 9.20. The molecule has 0 aromatic heterocycles. The molecule has 1 fully saturated rings. The Morgan fingerprint density at radius 2 is 2.10 bits per heavy atom. The van der Waals surface area contributed by atoms with E-state index in [2.05, 4.69) is 5.32 Å². The molecule has 4 nitrogen and oxygen atoms in total. The van der Waals surface area contributed by atoms with Gasteiger partial charge in [-0.05, 0) is 38.9 Å². The predicted octanol–water partition coefficient (Wildman–Crippen LogP) is 2.09. The van der Waals surface area contributed by atoms with Crippen LogP contribution in [-0.4, -0.2) is 43.1 Å². The zero-order chi connectivity index (χ0) is 13.7. The van der Waals surface area contributed by atoms with Gasteiger partial charge in [0.2, 0.25) is 0 Å². The highest BCUT2D eigenvalue weighted by Gasteiger charge is 2.26. The number of ether oxygens (including phenoxy) is 1. The Kier molecular flexibility index (Phi) is 6.82. The van der Waals surface area contributed by atoms with Crippen LogP contribution < -0.4 is 10.1 Å². The summed E-state index contributed by atoms with van der Waals surface area (Å²) in [5.74, 6) is 0.814. The van der Waals surface area contributed by atoms with Crippen LogP contribution in [0.2, 0.25) is 0 Å². The second-order valence-electron chi connectivity index (χ2n) is 4.99. The van der Waals surface area contributed by atoms with E-state index < -0.39 is 6.10 Å². The Morgan fingerprint density at radius 1 is 1.40 bits per heavy atom. The molecule has 1 aromatic rings. The third kappa shape index (κ3) is 4.39. The van der Waals surface area contributed by atoms with Crippen molar-refractivity contribution in [2.75, 3.05) is 20.1 Å². The van der Waals surface area contributed by atoms with E-state index in [1.165, 1.54) is 0 Å². The summed E-state index contributed by atoms with van der Waals surface area (Å²) < 4.78 is 5.69. The number of likely N-dealkylation sites (N-methyl/N-ethyl adjacent to an activating group) is 1. The van der Waals surface area contributed by atoms with Gasteiger partial charge in [-0.2, -0.15) is 0 Å². The molecule has 1 saturated heterocycles. The Hall–Kier alpha value is -1.26. The second-order valence-corrected chi connectivity index (χ2v) is 4.99. The summed E-state index contributed by atoms with van der Waals surface area (Å²) in [6.07, 6.45) is 1.75. The zero-order valence-electron chi connectivity index (χ0n) is 12.0. The standard InChI is InChI=1S/C15H22N2O2.ClH/c1-12(19-14-8-4-3-5-9-14)15(18)17-10-6-7-13(11-17)16-2;/h3-5,8-9,12-13,16H,6-7,10-11H2,1-2H3;1H. The van der Waals surface area contributed by atoms with E-state index in [1.807, 2.05) is 49.2 Å². The quantitative estimate of drug-likeness (QED) is 0.925. The summed E-state index contributed by atoms with van der Waals surface area (Å²) in [6, 6.07) is 9.89. The normalized spacial score (nSPS) is 19.9. The number of carbonyl (C=O) groups is 1. The first-order valence-corrected chi connectivity index (χ1v) is 6.88. The molecule has 2 atom stereocenters. The third-order valence-corrected chi connectivity index (χ3v) is 3.55. The Bertz CT molecular complexity index is 414. The summed E-state index contributed by atoms with van der Waals surface area (Å²) in [7, 11) is 1.95. The van der Waals surface area contributed by atoms with Crippen LogP contribution in [0, 0.1) is 0 Å². The first kappa shape index (κ1) is 16.8. The van der Waals surface area contributed by atoms with Gasteiger partial charge in [-0.3, -0.25) is 4.79 Å². The molecule has 0 saturated carbocycles. The lowest BCUT2D eigenvalue weighted by atomic mass is 10.1. The van der Waals surface area contributed by atoms with Crippen LogP contribution in [0.25, 0.3) is 0 Å². The summed E-state index contributed by atoms with van der Waals surface area (Å²) in [4.78, 5) is 14.2. The molecular formula is C15H23ClN2O2. The zero-order valence-corrected chi connectivity index (χ0v) is 12.9. The van der Waals surface area contributed by atoms with Crippen molar-refractivity contribution >= 4 is 18.3 Å². The van der Waals surface area contributed by atoms with Crippen molar-refractivity contribution in [1.82, 2.24) is 10.2 Å². The van der Waals surface area contributed by atoms with Crippen LogP contribution in [-0.2, 0) is 4.79 Å². The van der Waals surface area contributed by atoms with E-state index in [-0.39, 0.29) is 18.3 Å². The molecule has 1 amide bonds. The Labute approximate surface area is 126 Å². The van der Waals surface area contributed by atoms with Crippen LogP contribution in [0.3, 0.4) is 0 Å². The van der Waals surface area contributed by atoms with Gasteiger partial charge in [0.15, 0.2) is 6.10 Å². The summed E-state index contributed by atoms with van der Waals surface area (Å²) in [6.45, 7) is 3.43. The molecule has 2 rings (SSSR count). The number of nitrogens with zero attached hydrogens (tertiary/aromatic N) is 1. The highest BCUT2D eigenvalue weighted by Crippen LogP contribution is 2.15. The molecule has 112 valence electrons. The van der Waals surface area contributed by atoms with Gasteiger partial charge in [-0.15, -0.1) is 12.4 Å². The molecule has 1 heterocycles. The molecular weight excluding hydrogens is 276 g/mol. The van der Waals surface area contributed by atoms with Crippen LogP contribution in [0.5, 0.6) is 5.75 Å². The van der Waals surface area contributed by atoms with Crippen LogP contribution in [0.15, 0.2) is 30.3 Å². The lowest BCUT2D eigenvalue weighted by Crippen LogP contribution is -2.50. The van der Waals surface area contributed by atoms with Gasteiger partial charge in [0.25, 0.3) is 5.91 Å². The van der Waals surface area contributed by atoms with Gasteiger partial charge in [0.05, 0.1) is 0 Å². The lowest BCUT2D eigenvalue weighted by molar-refractivity contribution is -0.139. The van der Waals surface area contributed by atoms with E-state index in [4.69, 9.17) is 4.74 Å². The minimum Gasteiger partial charge on any atom is -0.481 e. The number of benzene rings is 1. The number of nitrogens with one attached hydrogen (secondary N) is 1. The van der Waals surface area contributed by atoms with Crippen molar-refractivity contribution in [1.29, 1.82) is 0 Å². The van der Waals surface area contributed by atoms with Crippen molar-refractivity contribution in [2.24, 2.45) is 0 Å². The molecule has 20 heavy (non-hydrogen) atoms. The maximum atomic E-state index is 12.3. The summed E-state index contributed by atoms with van der Waals surface area (Å²) in [5.41, 5.74) is 0. The average Bonchev–Trinajstić information content (AvgIpc) is 2.47. The molecule has 5 heteroatoms. The van der Waals surface area contributed by atoms with Gasteiger partial charge in [-0.25, -0.2) is 0 Å². The SMILES string of the molecule is CNC1CCCN(C(=O)C(C)Oc2ccccc2)C1.Cl. The van der Waals surface area contributed by atoms with Crippen molar-refractivity contribution in [3.63, 3.8) is 0 Å². The topological polar surface area (TPSA) is 41.6 Å². The minimum atomic E-state index is -0.432. The second kappa shape index (κ2) is 8.12. The Balaban J connectivity index is 0.00000200. The fraction of sp³-hybridized carbons (Fsp3) is 0.533. The van der Waals surface area contributed by atoms with Gasteiger partial charge in [0.1, 0.15) is 5.75 Å². The number of carbonyl (C=O) groups excluding carboxylic acids is 1. The van der Waals surface area contributed by atoms with Crippen LogP contribution in [0.4, 0.5) is 0 Å². The number of halogens is 1. The maximum Gasteiger partial charge on any atom is 0.263 e. The molecule has 0 aliphatic carbocycles. The number of piperidine rings is 1. The van der Waals surface area contributed by atoms with Crippen molar-refractivity contribution in [3.05, 3.63) is 30.3 Å². The van der Waals surface area contributed by atoms with Crippen molar-refractivity contribution < 1.29 is 9.53 Å². The van der Waals surface area contributed by atoms with E-state index >= 15 is 0 Å². The van der Waals surface area contributed by atoms with Crippen molar-refractivity contribution in [3.8, 4) is 5.75 Å². The molecule has 1 aliphatic heterocycles. The van der Waals surface area contributed by atoms with Gasteiger partial charge >= 0.3 is 0 Å². The third-order valence-electron chi connectivity index (χ3n) is 3.55. The van der Waals surface area contributed by atoms with Crippen LogP contribution >= 0.6 is 12.4 Å². The van der Waals surface area contributed by atoms with E-state index in [0.717, 1.165) is 31.7 Å². The number of para-hydroxylation sites is 1. The molecule has 1 aromatic carbocycles. The van der Waals surface area contributed by atoms with E-state index in [1.54, 1.807) is 0 Å². The highest BCUT2D eigenvalue weighted by atomic mass is 35.5. The highest BCUT2D eigenvalue weighted by molar-refractivity contribution is 5.85. The van der Waals surface area contributed by atoms with Gasteiger partial charge in [-0.1, -0.05) is 18.2 Å². The summed E-state index contributed by atoms with van der Waals surface area (Å²) in [5, 5.41) is 3.24. The number of hydrogen-bond donors (Lipinski definition) is 1. The molecule has 1 aliphatic rings. The predicted molar refractivity (Wildman–Crippen MR) is 82.4 cm³/mol. The van der Waals surface area contributed by atoms with Crippen LogP contribution in [0.1, 0.15) is 19.8 Å². The molecule has 0 spiro atoms. The molecule has 1 N–H and O–H groups in total. The average molecular weight is 299 g/mol. The fourth-order valence-electron chi connectivity index (χ4n) is 2.42. The fourth-order valence-corrected chi connectivity index (χ4v) is 2.42. The monoisotopic (exact) mass is 298 g/mol. The largest absolute Gasteiger partial charge is 0.481 e. The van der Waals surface area contributed by atoms with E-state index in [9.17, 15) is 4.79 Å². The molecule has 2 unspecified atom stereocenters. The summed E-state index contributed by atoms with van der Waals surface area (Å²) >= 11 is 0. The minimum absolute atomic E-state index is 0. The number of amides is 1. The Morgan fingerprint density at radius 3 is 2.75 bits per heavy atom. The van der Waals surface area contributed by atoms with E-state index in [0.29, 0.717) is 6.04 Å².